The average molecular weight is 263 g/mol. The lowest BCUT2D eigenvalue weighted by Crippen LogP contribution is -2.42. The Morgan fingerprint density at radius 2 is 2.42 bits per heavy atom. The molecule has 1 unspecified atom stereocenters. The van der Waals surface area contributed by atoms with Gasteiger partial charge in [0.25, 0.3) is 0 Å². The number of ether oxygens (including phenoxy) is 1. The summed E-state index contributed by atoms with van der Waals surface area (Å²) in [5.74, 6) is 0. The summed E-state index contributed by atoms with van der Waals surface area (Å²) in [7, 11) is 2.03. The average Bonchev–Trinajstić information content (AvgIpc) is 3.18. The zero-order valence-electron chi connectivity index (χ0n) is 11.9. The molecule has 1 aromatic rings. The zero-order valence-corrected chi connectivity index (χ0v) is 11.9. The van der Waals surface area contributed by atoms with E-state index < -0.39 is 0 Å². The second-order valence-electron chi connectivity index (χ2n) is 6.26. The zero-order chi connectivity index (χ0) is 13.1. The maximum atomic E-state index is 5.78. The van der Waals surface area contributed by atoms with Crippen LogP contribution in [0.2, 0.25) is 0 Å². The second-order valence-corrected chi connectivity index (χ2v) is 6.26. The van der Waals surface area contributed by atoms with Gasteiger partial charge in [-0.15, -0.1) is 0 Å². The first-order chi connectivity index (χ1) is 9.27. The Hall–Kier alpha value is -0.870. The van der Waals surface area contributed by atoms with Gasteiger partial charge in [0.2, 0.25) is 0 Å². The first kappa shape index (κ1) is 13.1. The SMILES string of the molecule is Cn1nccc1CCC1(CNC2CC2)CCCOC1. The van der Waals surface area contributed by atoms with Gasteiger partial charge >= 0.3 is 0 Å². The van der Waals surface area contributed by atoms with Gasteiger partial charge in [-0.25, -0.2) is 0 Å². The van der Waals surface area contributed by atoms with Gasteiger partial charge in [0, 0.05) is 43.5 Å². The molecule has 3 rings (SSSR count). The first-order valence-electron chi connectivity index (χ1n) is 7.55. The summed E-state index contributed by atoms with van der Waals surface area (Å²) < 4.78 is 7.77. The van der Waals surface area contributed by atoms with Crippen LogP contribution < -0.4 is 5.32 Å². The molecule has 106 valence electrons. The lowest BCUT2D eigenvalue weighted by atomic mass is 9.78. The van der Waals surface area contributed by atoms with Gasteiger partial charge in [-0.2, -0.15) is 5.10 Å². The molecule has 4 heteroatoms. The maximum Gasteiger partial charge on any atom is 0.0534 e. The lowest BCUT2D eigenvalue weighted by molar-refractivity contribution is -0.0122. The Kier molecular flexibility index (Phi) is 3.89. The summed E-state index contributed by atoms with van der Waals surface area (Å²) in [4.78, 5) is 0. The van der Waals surface area contributed by atoms with E-state index in [0.29, 0.717) is 5.41 Å². The van der Waals surface area contributed by atoms with Crippen LogP contribution in [-0.4, -0.2) is 35.6 Å². The van der Waals surface area contributed by atoms with Gasteiger partial charge < -0.3 is 10.1 Å². The normalized spacial score (nSPS) is 27.6. The van der Waals surface area contributed by atoms with E-state index in [2.05, 4.69) is 16.5 Å². The summed E-state index contributed by atoms with van der Waals surface area (Å²) in [6.07, 6.45) is 9.42. The number of hydrogen-bond donors (Lipinski definition) is 1. The van der Waals surface area contributed by atoms with E-state index in [9.17, 15) is 0 Å². The van der Waals surface area contributed by atoms with E-state index in [0.717, 1.165) is 32.2 Å². The van der Waals surface area contributed by atoms with Gasteiger partial charge in [-0.05, 0) is 44.6 Å². The molecule has 1 N–H and O–H groups in total. The molecule has 2 heterocycles. The third-order valence-corrected chi connectivity index (χ3v) is 4.58. The van der Waals surface area contributed by atoms with E-state index in [-0.39, 0.29) is 0 Å². The molecule has 1 saturated carbocycles. The molecule has 19 heavy (non-hydrogen) atoms. The number of nitrogens with zero attached hydrogens (tertiary/aromatic N) is 2. The van der Waals surface area contributed by atoms with E-state index in [1.807, 2.05) is 17.9 Å². The van der Waals surface area contributed by atoms with Crippen molar-refractivity contribution in [2.45, 2.75) is 44.6 Å². The number of hydrogen-bond acceptors (Lipinski definition) is 3. The van der Waals surface area contributed by atoms with Crippen LogP contribution in [0.25, 0.3) is 0 Å². The molecule has 1 atom stereocenters. The van der Waals surface area contributed by atoms with Crippen molar-refractivity contribution < 1.29 is 4.74 Å². The molecule has 0 bridgehead atoms. The van der Waals surface area contributed by atoms with E-state index in [1.165, 1.54) is 37.8 Å². The van der Waals surface area contributed by atoms with Gasteiger partial charge in [0.15, 0.2) is 0 Å². The molecule has 0 radical (unpaired) electrons. The van der Waals surface area contributed by atoms with Crippen molar-refractivity contribution in [1.82, 2.24) is 15.1 Å². The quantitative estimate of drug-likeness (QED) is 0.852. The van der Waals surface area contributed by atoms with Gasteiger partial charge in [-0.3, -0.25) is 4.68 Å². The molecule has 1 aromatic heterocycles. The van der Waals surface area contributed by atoms with Crippen LogP contribution in [0.5, 0.6) is 0 Å². The molecular weight excluding hydrogens is 238 g/mol. The highest BCUT2D eigenvalue weighted by Gasteiger charge is 2.34. The van der Waals surface area contributed by atoms with Crippen LogP contribution in [0.4, 0.5) is 0 Å². The summed E-state index contributed by atoms with van der Waals surface area (Å²) in [6.45, 7) is 2.98. The number of nitrogens with one attached hydrogen (secondary N) is 1. The Morgan fingerprint density at radius 1 is 1.53 bits per heavy atom. The van der Waals surface area contributed by atoms with Crippen molar-refractivity contribution in [3.8, 4) is 0 Å². The monoisotopic (exact) mass is 263 g/mol. The standard InChI is InChI=1S/C15H25N3O/c1-18-14(6-9-17-18)5-8-15(7-2-10-19-12-15)11-16-13-3-4-13/h6,9,13,16H,2-5,7-8,10-12H2,1H3. The smallest absolute Gasteiger partial charge is 0.0534 e. The lowest BCUT2D eigenvalue weighted by Gasteiger charge is -2.37. The van der Waals surface area contributed by atoms with E-state index in [4.69, 9.17) is 4.74 Å². The summed E-state index contributed by atoms with van der Waals surface area (Å²) in [5.41, 5.74) is 1.67. The largest absolute Gasteiger partial charge is 0.381 e. The highest BCUT2D eigenvalue weighted by molar-refractivity contribution is 5.02. The predicted octanol–water partition coefficient (Wildman–Crippen LogP) is 1.90. The number of aromatic nitrogens is 2. The van der Waals surface area contributed by atoms with Crippen molar-refractivity contribution in [3.63, 3.8) is 0 Å². The van der Waals surface area contributed by atoms with Crippen molar-refractivity contribution >= 4 is 0 Å². The fraction of sp³-hybridized carbons (Fsp3) is 0.800. The van der Waals surface area contributed by atoms with Crippen LogP contribution in [-0.2, 0) is 18.2 Å². The third-order valence-electron chi connectivity index (χ3n) is 4.58. The van der Waals surface area contributed by atoms with E-state index in [1.54, 1.807) is 0 Å². The minimum atomic E-state index is 0.338. The Morgan fingerprint density at radius 3 is 3.05 bits per heavy atom. The predicted molar refractivity (Wildman–Crippen MR) is 75.0 cm³/mol. The molecule has 0 amide bonds. The number of aryl methyl sites for hydroxylation is 2. The van der Waals surface area contributed by atoms with E-state index >= 15 is 0 Å². The van der Waals surface area contributed by atoms with Crippen LogP contribution in [0.15, 0.2) is 12.3 Å². The maximum absolute atomic E-state index is 5.78. The molecule has 2 aliphatic rings. The van der Waals surface area contributed by atoms with Gasteiger partial charge in [-0.1, -0.05) is 0 Å². The van der Waals surface area contributed by atoms with Crippen molar-refractivity contribution in [2.75, 3.05) is 19.8 Å². The molecular formula is C15H25N3O. The number of rotatable bonds is 6. The molecule has 0 aromatic carbocycles. The molecule has 4 nitrogen and oxygen atoms in total. The highest BCUT2D eigenvalue weighted by atomic mass is 16.5. The van der Waals surface area contributed by atoms with Gasteiger partial charge in [0.1, 0.15) is 0 Å². The highest BCUT2D eigenvalue weighted by Crippen LogP contribution is 2.34. The summed E-state index contributed by atoms with van der Waals surface area (Å²) in [5, 5.41) is 7.97. The molecule has 1 saturated heterocycles. The van der Waals surface area contributed by atoms with Crippen molar-refractivity contribution in [1.29, 1.82) is 0 Å². The van der Waals surface area contributed by atoms with Crippen molar-refractivity contribution in [3.05, 3.63) is 18.0 Å². The summed E-state index contributed by atoms with van der Waals surface area (Å²) in [6, 6.07) is 2.92. The van der Waals surface area contributed by atoms with Crippen LogP contribution in [0.3, 0.4) is 0 Å². The van der Waals surface area contributed by atoms with Gasteiger partial charge in [0.05, 0.1) is 6.61 Å². The van der Waals surface area contributed by atoms with Crippen LogP contribution >= 0.6 is 0 Å². The molecule has 1 aliphatic heterocycles. The van der Waals surface area contributed by atoms with Crippen LogP contribution in [0.1, 0.15) is 37.8 Å². The Balaban J connectivity index is 1.59. The second kappa shape index (κ2) is 5.63. The fourth-order valence-electron chi connectivity index (χ4n) is 3.02. The molecule has 2 fully saturated rings. The minimum absolute atomic E-state index is 0.338. The topological polar surface area (TPSA) is 39.1 Å². The first-order valence-corrected chi connectivity index (χ1v) is 7.55. The Bertz CT molecular complexity index is 405. The minimum Gasteiger partial charge on any atom is -0.381 e. The molecule has 0 spiro atoms. The third kappa shape index (κ3) is 3.37. The fourth-order valence-corrected chi connectivity index (χ4v) is 3.02. The van der Waals surface area contributed by atoms with Crippen molar-refractivity contribution in [2.24, 2.45) is 12.5 Å². The Labute approximate surface area is 115 Å². The van der Waals surface area contributed by atoms with Crippen LogP contribution in [0, 0.1) is 5.41 Å². The molecule has 1 aliphatic carbocycles. The summed E-state index contributed by atoms with van der Waals surface area (Å²) >= 11 is 0.